The van der Waals surface area contributed by atoms with Crippen LogP contribution in [0.15, 0.2) is 0 Å². The molecule has 0 heterocycles. The Balaban J connectivity index is 5.35. The summed E-state index contributed by atoms with van der Waals surface area (Å²) in [6, 6.07) is 0. The second kappa shape index (κ2) is 9.01. The van der Waals surface area contributed by atoms with E-state index in [-0.39, 0.29) is 18.7 Å². The number of amides is 1. The Kier molecular flexibility index (Phi) is 8.40. The van der Waals surface area contributed by atoms with Crippen LogP contribution in [-0.2, 0) is 19.1 Å². The Morgan fingerprint density at radius 1 is 1.21 bits per heavy atom. The van der Waals surface area contributed by atoms with Gasteiger partial charge in [0.2, 0.25) is 5.91 Å². The second-order valence-corrected chi connectivity index (χ2v) is 7.77. The molecule has 0 aromatic carbocycles. The maximum absolute atomic E-state index is 12.7. The SMILES string of the molecule is CCC(CC(C)(CC(C)C(=O)OC)C(=O)NC[N+](C)(C)C)C(=O)[O-]. The van der Waals surface area contributed by atoms with Crippen LogP contribution in [0.2, 0.25) is 0 Å². The van der Waals surface area contributed by atoms with Gasteiger partial charge in [-0.3, -0.25) is 9.59 Å². The van der Waals surface area contributed by atoms with E-state index in [2.05, 4.69) is 5.32 Å². The summed E-state index contributed by atoms with van der Waals surface area (Å²) in [5, 5.41) is 14.1. The number of aliphatic carboxylic acids is 1. The molecule has 0 spiro atoms. The van der Waals surface area contributed by atoms with Gasteiger partial charge in [-0.25, -0.2) is 0 Å². The Morgan fingerprint density at radius 2 is 1.75 bits per heavy atom. The van der Waals surface area contributed by atoms with Crippen molar-refractivity contribution in [3.63, 3.8) is 0 Å². The lowest BCUT2D eigenvalue weighted by molar-refractivity contribution is -0.872. The Labute approximate surface area is 144 Å². The number of hydrogen-bond donors (Lipinski definition) is 1. The van der Waals surface area contributed by atoms with Gasteiger partial charge in [-0.15, -0.1) is 0 Å². The molecule has 1 amide bonds. The number of esters is 1. The van der Waals surface area contributed by atoms with Crippen LogP contribution in [0.5, 0.6) is 0 Å². The molecule has 0 aliphatic heterocycles. The third kappa shape index (κ3) is 7.29. The van der Waals surface area contributed by atoms with E-state index in [1.54, 1.807) is 20.8 Å². The molecule has 0 rings (SSSR count). The van der Waals surface area contributed by atoms with Crippen molar-refractivity contribution < 1.29 is 28.7 Å². The number of methoxy groups -OCH3 is 1. The summed E-state index contributed by atoms with van der Waals surface area (Å²) >= 11 is 0. The number of carboxylic acids is 1. The van der Waals surface area contributed by atoms with E-state index < -0.39 is 29.2 Å². The summed E-state index contributed by atoms with van der Waals surface area (Å²) in [6.45, 7) is 5.53. The number of nitrogens with zero attached hydrogens (tertiary/aromatic N) is 1. The van der Waals surface area contributed by atoms with Crippen molar-refractivity contribution in [3.05, 3.63) is 0 Å². The van der Waals surface area contributed by atoms with Gasteiger partial charge in [0.15, 0.2) is 6.67 Å². The Bertz CT molecular complexity index is 458. The fourth-order valence-electron chi connectivity index (χ4n) is 2.69. The molecule has 0 aromatic heterocycles. The van der Waals surface area contributed by atoms with Crippen LogP contribution in [0.3, 0.4) is 0 Å². The lowest BCUT2D eigenvalue weighted by atomic mass is 9.73. The molecule has 3 unspecified atom stereocenters. The number of carbonyl (C=O) groups excluding carboxylic acids is 3. The topological polar surface area (TPSA) is 95.5 Å². The minimum absolute atomic E-state index is 0.121. The van der Waals surface area contributed by atoms with E-state index in [0.29, 0.717) is 17.6 Å². The molecular formula is C17H32N2O5. The maximum atomic E-state index is 12.7. The first-order chi connectivity index (χ1) is 10.9. The standard InChI is InChI=1S/C17H32N2O5/c1-8-13(14(20)21)10-17(3,9-12(2)15(22)24-7)16(23)18-11-19(4,5)6/h12-13H,8-11H2,1-7H3,(H-,18,20,21,23). The largest absolute Gasteiger partial charge is 0.550 e. The molecule has 140 valence electrons. The van der Waals surface area contributed by atoms with Crippen molar-refractivity contribution in [1.82, 2.24) is 5.32 Å². The number of hydrogen-bond acceptors (Lipinski definition) is 5. The lowest BCUT2D eigenvalue weighted by Crippen LogP contribution is -2.50. The van der Waals surface area contributed by atoms with E-state index in [1.807, 2.05) is 21.1 Å². The quantitative estimate of drug-likeness (QED) is 0.345. The van der Waals surface area contributed by atoms with Crippen molar-refractivity contribution in [1.29, 1.82) is 0 Å². The van der Waals surface area contributed by atoms with E-state index in [1.165, 1.54) is 7.11 Å². The highest BCUT2D eigenvalue weighted by atomic mass is 16.5. The second-order valence-electron chi connectivity index (χ2n) is 7.77. The summed E-state index contributed by atoms with van der Waals surface area (Å²) in [5.41, 5.74) is -0.997. The third-order valence-corrected chi connectivity index (χ3v) is 4.15. The van der Waals surface area contributed by atoms with Crippen LogP contribution in [0.25, 0.3) is 0 Å². The predicted molar refractivity (Wildman–Crippen MR) is 88.4 cm³/mol. The van der Waals surface area contributed by atoms with Crippen LogP contribution in [-0.4, -0.2) is 57.3 Å². The van der Waals surface area contributed by atoms with Gasteiger partial charge in [-0.05, 0) is 25.2 Å². The minimum Gasteiger partial charge on any atom is -0.550 e. The van der Waals surface area contributed by atoms with Gasteiger partial charge in [-0.2, -0.15) is 0 Å². The van der Waals surface area contributed by atoms with Gasteiger partial charge >= 0.3 is 5.97 Å². The van der Waals surface area contributed by atoms with Crippen molar-refractivity contribution in [2.24, 2.45) is 17.3 Å². The maximum Gasteiger partial charge on any atom is 0.308 e. The molecule has 0 saturated carbocycles. The summed E-state index contributed by atoms with van der Waals surface area (Å²) in [5.74, 6) is -3.09. The highest BCUT2D eigenvalue weighted by Crippen LogP contribution is 2.35. The summed E-state index contributed by atoms with van der Waals surface area (Å²) in [4.78, 5) is 35.8. The fourth-order valence-corrected chi connectivity index (χ4v) is 2.69. The zero-order valence-corrected chi connectivity index (χ0v) is 16.0. The molecule has 0 aliphatic carbocycles. The molecule has 24 heavy (non-hydrogen) atoms. The smallest absolute Gasteiger partial charge is 0.308 e. The van der Waals surface area contributed by atoms with E-state index >= 15 is 0 Å². The predicted octanol–water partition coefficient (Wildman–Crippen LogP) is 0.138. The monoisotopic (exact) mass is 344 g/mol. The first kappa shape index (κ1) is 22.4. The molecule has 1 N–H and O–H groups in total. The van der Waals surface area contributed by atoms with E-state index in [4.69, 9.17) is 4.74 Å². The molecule has 7 nitrogen and oxygen atoms in total. The zero-order valence-electron chi connectivity index (χ0n) is 16.0. The highest BCUT2D eigenvalue weighted by molar-refractivity contribution is 5.84. The molecule has 0 fully saturated rings. The van der Waals surface area contributed by atoms with Crippen LogP contribution in [0.4, 0.5) is 0 Å². The first-order valence-corrected chi connectivity index (χ1v) is 8.23. The van der Waals surface area contributed by atoms with Gasteiger partial charge in [0.25, 0.3) is 0 Å². The van der Waals surface area contributed by atoms with Crippen molar-refractivity contribution in [3.8, 4) is 0 Å². The molecule has 0 aromatic rings. The van der Waals surface area contributed by atoms with E-state index in [9.17, 15) is 19.5 Å². The number of ether oxygens (including phenoxy) is 1. The van der Waals surface area contributed by atoms with Gasteiger partial charge in [-0.1, -0.05) is 20.8 Å². The van der Waals surface area contributed by atoms with Crippen LogP contribution in [0, 0.1) is 17.3 Å². The first-order valence-electron chi connectivity index (χ1n) is 8.23. The molecular weight excluding hydrogens is 312 g/mol. The van der Waals surface area contributed by atoms with E-state index in [0.717, 1.165) is 0 Å². The zero-order chi connectivity index (χ0) is 19.1. The van der Waals surface area contributed by atoms with Crippen LogP contribution in [0.1, 0.15) is 40.0 Å². The normalized spacial score (nSPS) is 16.6. The van der Waals surface area contributed by atoms with Crippen molar-refractivity contribution in [2.45, 2.75) is 40.0 Å². The van der Waals surface area contributed by atoms with Crippen molar-refractivity contribution >= 4 is 17.8 Å². The Hall–Kier alpha value is -1.63. The molecule has 7 heteroatoms. The molecule has 0 saturated heterocycles. The summed E-state index contributed by atoms with van der Waals surface area (Å²) in [7, 11) is 7.10. The molecule has 0 bridgehead atoms. The number of carboxylic acid groups (broad SMARTS) is 1. The van der Waals surface area contributed by atoms with Crippen molar-refractivity contribution in [2.75, 3.05) is 34.9 Å². The Morgan fingerprint density at radius 3 is 2.12 bits per heavy atom. The average Bonchev–Trinajstić information content (AvgIpc) is 2.48. The van der Waals surface area contributed by atoms with Gasteiger partial charge in [0.1, 0.15) is 0 Å². The van der Waals surface area contributed by atoms with Gasteiger partial charge in [0, 0.05) is 11.4 Å². The number of quaternary nitrogens is 1. The molecule has 0 aliphatic rings. The minimum atomic E-state index is -1.17. The lowest BCUT2D eigenvalue weighted by Gasteiger charge is -2.35. The highest BCUT2D eigenvalue weighted by Gasteiger charge is 2.39. The average molecular weight is 344 g/mol. The number of rotatable bonds is 10. The number of carbonyl (C=O) groups is 3. The van der Waals surface area contributed by atoms with Crippen LogP contribution < -0.4 is 10.4 Å². The van der Waals surface area contributed by atoms with Gasteiger partial charge < -0.3 is 24.4 Å². The molecule has 3 atom stereocenters. The summed E-state index contributed by atoms with van der Waals surface area (Å²) < 4.78 is 5.26. The third-order valence-electron chi connectivity index (χ3n) is 4.15. The summed E-state index contributed by atoms with van der Waals surface area (Å²) in [6.07, 6.45) is 0.704. The van der Waals surface area contributed by atoms with Gasteiger partial charge in [0.05, 0.1) is 34.2 Å². The van der Waals surface area contributed by atoms with Crippen LogP contribution >= 0.6 is 0 Å². The number of nitrogens with one attached hydrogen (secondary N) is 1. The fraction of sp³-hybridized carbons (Fsp3) is 0.824. The molecule has 0 radical (unpaired) electrons.